The molecule has 130 valence electrons. The number of benzene rings is 1. The van der Waals surface area contributed by atoms with Crippen LogP contribution in [0.25, 0.3) is 11.3 Å². The van der Waals surface area contributed by atoms with Gasteiger partial charge in [-0.25, -0.2) is 4.98 Å². The summed E-state index contributed by atoms with van der Waals surface area (Å²) in [5.74, 6) is 1.33. The van der Waals surface area contributed by atoms with E-state index < -0.39 is 0 Å². The number of guanidine groups is 1. The molecule has 8 heteroatoms. The van der Waals surface area contributed by atoms with Crippen LogP contribution in [-0.2, 0) is 11.3 Å². The molecule has 0 saturated heterocycles. The lowest BCUT2D eigenvalue weighted by atomic mass is 10.2. The van der Waals surface area contributed by atoms with E-state index >= 15 is 0 Å². The van der Waals surface area contributed by atoms with Crippen LogP contribution in [0.3, 0.4) is 0 Å². The lowest BCUT2D eigenvalue weighted by Crippen LogP contribution is -2.42. The molecule has 2 rings (SSSR count). The van der Waals surface area contributed by atoms with Crippen LogP contribution >= 0.6 is 24.0 Å². The van der Waals surface area contributed by atoms with Crippen LogP contribution in [-0.4, -0.2) is 54.4 Å². The van der Waals surface area contributed by atoms with Crippen molar-refractivity contribution in [1.29, 1.82) is 0 Å². The monoisotopic (exact) mass is 442 g/mol. The average molecular weight is 442 g/mol. The largest absolute Gasteiger partial charge is 0.349 e. The molecule has 0 saturated carbocycles. The van der Waals surface area contributed by atoms with Gasteiger partial charge in [-0.3, -0.25) is 9.79 Å². The summed E-state index contributed by atoms with van der Waals surface area (Å²) in [7, 11) is 5.09. The predicted molar refractivity (Wildman–Crippen MR) is 106 cm³/mol. The first-order chi connectivity index (χ1) is 11.1. The fourth-order valence-corrected chi connectivity index (χ4v) is 1.92. The Labute approximate surface area is 159 Å². The molecule has 7 nitrogen and oxygen atoms in total. The average Bonchev–Trinajstić information content (AvgIpc) is 3.04. The molecule has 1 aromatic heterocycles. The van der Waals surface area contributed by atoms with Crippen molar-refractivity contribution in [3.05, 3.63) is 42.4 Å². The van der Waals surface area contributed by atoms with Crippen molar-refractivity contribution in [3.63, 3.8) is 0 Å². The second kappa shape index (κ2) is 9.91. The van der Waals surface area contributed by atoms with Gasteiger partial charge < -0.3 is 20.5 Å². The molecule has 0 aliphatic carbocycles. The molecule has 2 aromatic rings. The van der Waals surface area contributed by atoms with E-state index in [2.05, 4.69) is 25.6 Å². The highest BCUT2D eigenvalue weighted by molar-refractivity contribution is 14.0. The van der Waals surface area contributed by atoms with Gasteiger partial charge in [-0.2, -0.15) is 0 Å². The number of halogens is 1. The van der Waals surface area contributed by atoms with Crippen molar-refractivity contribution in [1.82, 2.24) is 25.5 Å². The van der Waals surface area contributed by atoms with Crippen LogP contribution in [0.1, 0.15) is 5.82 Å². The van der Waals surface area contributed by atoms with Gasteiger partial charge in [-0.15, -0.1) is 24.0 Å². The highest BCUT2D eigenvalue weighted by Crippen LogP contribution is 2.15. The number of carbonyl (C=O) groups excluding carboxylic acids is 1. The Hall–Kier alpha value is -2.10. The zero-order valence-corrected chi connectivity index (χ0v) is 16.4. The second-order valence-corrected chi connectivity index (χ2v) is 5.18. The summed E-state index contributed by atoms with van der Waals surface area (Å²) in [6, 6.07) is 10.0. The molecule has 0 bridgehead atoms. The number of nitrogens with zero attached hydrogens (tertiary/aromatic N) is 3. The zero-order chi connectivity index (χ0) is 16.7. The van der Waals surface area contributed by atoms with Crippen LogP contribution in [0.5, 0.6) is 0 Å². The molecule has 0 unspecified atom stereocenters. The number of likely N-dealkylation sites (N-methyl/N-ethyl adjacent to an activating group) is 1. The highest BCUT2D eigenvalue weighted by Gasteiger charge is 2.07. The maximum absolute atomic E-state index is 11.6. The van der Waals surface area contributed by atoms with E-state index in [1.807, 2.05) is 30.3 Å². The van der Waals surface area contributed by atoms with Gasteiger partial charge in [0.25, 0.3) is 0 Å². The van der Waals surface area contributed by atoms with E-state index in [0.29, 0.717) is 12.5 Å². The Morgan fingerprint density at radius 3 is 2.58 bits per heavy atom. The fraction of sp³-hybridized carbons (Fsp3) is 0.312. The van der Waals surface area contributed by atoms with Crippen LogP contribution in [0.4, 0.5) is 0 Å². The van der Waals surface area contributed by atoms with Crippen molar-refractivity contribution >= 4 is 35.8 Å². The molecule has 0 aliphatic heterocycles. The van der Waals surface area contributed by atoms with Gasteiger partial charge in [0.1, 0.15) is 5.82 Å². The molecule has 0 spiro atoms. The second-order valence-electron chi connectivity index (χ2n) is 5.18. The minimum atomic E-state index is -0.0164. The van der Waals surface area contributed by atoms with Gasteiger partial charge in [0.05, 0.1) is 25.0 Å². The van der Waals surface area contributed by atoms with Crippen molar-refractivity contribution in [2.45, 2.75) is 6.54 Å². The van der Waals surface area contributed by atoms with E-state index in [9.17, 15) is 4.79 Å². The number of amides is 1. The van der Waals surface area contributed by atoms with Crippen molar-refractivity contribution in [2.24, 2.45) is 4.99 Å². The Balaban J connectivity index is 0.00000288. The van der Waals surface area contributed by atoms with E-state index in [-0.39, 0.29) is 36.4 Å². The van der Waals surface area contributed by atoms with Gasteiger partial charge in [0.15, 0.2) is 5.96 Å². The van der Waals surface area contributed by atoms with Gasteiger partial charge in [0.2, 0.25) is 5.91 Å². The Morgan fingerprint density at radius 2 is 1.96 bits per heavy atom. The normalized spacial score (nSPS) is 10.7. The summed E-state index contributed by atoms with van der Waals surface area (Å²) in [4.78, 5) is 24.8. The maximum Gasteiger partial charge on any atom is 0.241 e. The third-order valence-corrected chi connectivity index (χ3v) is 3.27. The number of aromatic amines is 1. The Morgan fingerprint density at radius 1 is 1.25 bits per heavy atom. The summed E-state index contributed by atoms with van der Waals surface area (Å²) >= 11 is 0. The molecular formula is C16H23IN6O. The van der Waals surface area contributed by atoms with Crippen molar-refractivity contribution in [3.8, 4) is 11.3 Å². The smallest absolute Gasteiger partial charge is 0.241 e. The lowest BCUT2D eigenvalue weighted by molar-refractivity contribution is -0.127. The summed E-state index contributed by atoms with van der Waals surface area (Å²) in [6.45, 7) is 0.683. The van der Waals surface area contributed by atoms with Gasteiger partial charge in [-0.05, 0) is 5.56 Å². The van der Waals surface area contributed by atoms with Gasteiger partial charge >= 0.3 is 0 Å². The number of hydrogen-bond acceptors (Lipinski definition) is 3. The predicted octanol–water partition coefficient (Wildman–Crippen LogP) is 1.45. The number of nitrogens with one attached hydrogen (secondary N) is 3. The van der Waals surface area contributed by atoms with E-state index in [1.54, 1.807) is 27.3 Å². The zero-order valence-electron chi connectivity index (χ0n) is 14.0. The summed E-state index contributed by atoms with van der Waals surface area (Å²) in [5.41, 5.74) is 2.05. The van der Waals surface area contributed by atoms with Crippen LogP contribution in [0.2, 0.25) is 0 Å². The first-order valence-electron chi connectivity index (χ1n) is 7.34. The molecule has 0 fully saturated rings. The Kier molecular flexibility index (Phi) is 8.24. The number of carbonyl (C=O) groups is 1. The molecule has 24 heavy (non-hydrogen) atoms. The van der Waals surface area contributed by atoms with Crippen molar-refractivity contribution in [2.75, 3.05) is 27.7 Å². The molecule has 0 aliphatic rings. The SMILES string of the molecule is CN=C(NCC(=O)N(C)C)NCc1ncc(-c2ccccc2)[nH]1.I. The lowest BCUT2D eigenvalue weighted by Gasteiger charge is -2.13. The molecule has 1 amide bonds. The molecule has 0 radical (unpaired) electrons. The first-order valence-corrected chi connectivity index (χ1v) is 7.34. The number of hydrogen-bond donors (Lipinski definition) is 3. The maximum atomic E-state index is 11.6. The van der Waals surface area contributed by atoms with E-state index in [4.69, 9.17) is 0 Å². The summed E-state index contributed by atoms with van der Waals surface area (Å²) in [5, 5.41) is 6.08. The topological polar surface area (TPSA) is 85.4 Å². The van der Waals surface area contributed by atoms with Gasteiger partial charge in [-0.1, -0.05) is 30.3 Å². The van der Waals surface area contributed by atoms with Crippen LogP contribution in [0, 0.1) is 0 Å². The number of aromatic nitrogens is 2. The third-order valence-electron chi connectivity index (χ3n) is 3.27. The summed E-state index contributed by atoms with van der Waals surface area (Å²) < 4.78 is 0. The van der Waals surface area contributed by atoms with E-state index in [0.717, 1.165) is 17.1 Å². The fourth-order valence-electron chi connectivity index (χ4n) is 1.92. The number of aliphatic imine (C=N–C) groups is 1. The number of rotatable bonds is 5. The van der Waals surface area contributed by atoms with Crippen molar-refractivity contribution < 1.29 is 4.79 Å². The quantitative estimate of drug-likeness (QED) is 0.372. The molecule has 0 atom stereocenters. The third kappa shape index (κ3) is 5.84. The molecule has 1 aromatic carbocycles. The molecule has 3 N–H and O–H groups in total. The minimum Gasteiger partial charge on any atom is -0.349 e. The highest BCUT2D eigenvalue weighted by atomic mass is 127. The molecule has 1 heterocycles. The first kappa shape index (κ1) is 19.9. The minimum absolute atomic E-state index is 0. The number of H-pyrrole nitrogens is 1. The molecular weight excluding hydrogens is 419 g/mol. The van der Waals surface area contributed by atoms with E-state index in [1.165, 1.54) is 4.90 Å². The standard InChI is InChI=1S/C16H22N6O.HI/c1-17-16(20-11-15(23)22(2)3)19-10-14-18-9-13(21-14)12-7-5-4-6-8-12;/h4-9H,10-11H2,1-3H3,(H,18,21)(H2,17,19,20);1H. The van der Waals surface area contributed by atoms with Crippen LogP contribution in [0.15, 0.2) is 41.5 Å². The number of imidazole rings is 1. The Bertz CT molecular complexity index is 668. The summed E-state index contributed by atoms with van der Waals surface area (Å²) in [6.07, 6.45) is 1.80. The van der Waals surface area contributed by atoms with Gasteiger partial charge in [0, 0.05) is 21.1 Å². The van der Waals surface area contributed by atoms with Crippen LogP contribution < -0.4 is 10.6 Å².